The molecule has 58 valence electrons. The molecule has 1 N–H and O–H groups in total. The normalized spacial score (nSPS) is 6.60. The van der Waals surface area contributed by atoms with Crippen LogP contribution in [0.5, 0.6) is 0 Å². The van der Waals surface area contributed by atoms with Crippen LogP contribution in [0.4, 0.5) is 0 Å². The average Bonchev–Trinajstić information content (AvgIpc) is 1.88. The number of methoxy groups -OCH3 is 1. The Balaban J connectivity index is 0. The number of rotatable bonds is 1. The maximum Gasteiger partial charge on any atom is 0.332 e. The van der Waals surface area contributed by atoms with Crippen molar-refractivity contribution in [1.29, 1.82) is 0 Å². The van der Waals surface area contributed by atoms with Crippen LogP contribution in [0, 0.1) is 4.91 Å². The second kappa shape index (κ2) is 7.61. The Morgan fingerprint density at radius 1 is 1.70 bits per heavy atom. The van der Waals surface area contributed by atoms with Gasteiger partial charge < -0.3 is 9.94 Å². The number of hydrogen-bond donors (Lipinski definition) is 1. The summed E-state index contributed by atoms with van der Waals surface area (Å²) in [5.74, 6) is -0.347. The highest BCUT2D eigenvalue weighted by molar-refractivity contribution is 5.86. The van der Waals surface area contributed by atoms with E-state index in [1.54, 1.807) is 6.92 Å². The Bertz CT molecular complexity index is 132. The van der Waals surface area contributed by atoms with E-state index in [4.69, 9.17) is 10.1 Å². The van der Waals surface area contributed by atoms with Crippen LogP contribution in [0.3, 0.4) is 0 Å². The molecule has 0 aliphatic carbocycles. The van der Waals surface area contributed by atoms with Crippen molar-refractivity contribution in [2.75, 3.05) is 7.11 Å². The van der Waals surface area contributed by atoms with Crippen LogP contribution in [-0.2, 0) is 9.53 Å². The maximum absolute atomic E-state index is 10.2. The Kier molecular flexibility index (Phi) is 8.68. The summed E-state index contributed by atoms with van der Waals surface area (Å²) >= 11 is 0. The van der Waals surface area contributed by atoms with E-state index < -0.39 is 0 Å². The highest BCUT2D eigenvalue weighted by atomic mass is 16.6. The monoisotopic (exact) mass is 147 g/mol. The first-order chi connectivity index (χ1) is 4.59. The van der Waals surface area contributed by atoms with E-state index in [0.717, 1.165) is 0 Å². The Morgan fingerprint density at radius 2 is 2.00 bits per heavy atom. The first kappa shape index (κ1) is 11.4. The fourth-order valence-corrected chi connectivity index (χ4v) is 0.174. The molecule has 0 saturated heterocycles. The van der Waals surface area contributed by atoms with Crippen LogP contribution in [0.2, 0.25) is 0 Å². The van der Waals surface area contributed by atoms with Gasteiger partial charge in [-0.25, -0.2) is 4.79 Å². The standard InChI is InChI=1S/C5H8O2.HNO2/c1-4(2)5(6)7-3;2-1-3/h1H2,2-3H3;(H,2,3). The predicted molar refractivity (Wildman–Crippen MR) is 34.4 cm³/mol. The lowest BCUT2D eigenvalue weighted by atomic mass is 10.4. The molecule has 0 aliphatic rings. The number of ether oxygens (including phenoxy) is 1. The van der Waals surface area contributed by atoms with Gasteiger partial charge in [0.25, 0.3) is 0 Å². The zero-order valence-corrected chi connectivity index (χ0v) is 5.83. The summed E-state index contributed by atoms with van der Waals surface area (Å²) in [5, 5.41) is 7.89. The van der Waals surface area contributed by atoms with Gasteiger partial charge in [0.2, 0.25) is 0 Å². The van der Waals surface area contributed by atoms with Gasteiger partial charge in [-0.05, 0) is 6.92 Å². The maximum atomic E-state index is 10.2. The van der Waals surface area contributed by atoms with Crippen LogP contribution in [0.1, 0.15) is 6.92 Å². The largest absolute Gasteiger partial charge is 0.466 e. The summed E-state index contributed by atoms with van der Waals surface area (Å²) in [6.45, 7) is 4.95. The molecule has 0 radical (unpaired) electrons. The molecule has 5 nitrogen and oxygen atoms in total. The van der Waals surface area contributed by atoms with Gasteiger partial charge in [0.15, 0.2) is 5.34 Å². The number of carbonyl (C=O) groups excluding carboxylic acids is 1. The second-order valence-corrected chi connectivity index (χ2v) is 1.35. The third-order valence-corrected chi connectivity index (χ3v) is 0.534. The highest BCUT2D eigenvalue weighted by Crippen LogP contribution is 1.87. The van der Waals surface area contributed by atoms with Gasteiger partial charge in [-0.1, -0.05) is 6.58 Å². The minimum absolute atomic E-state index is 0.347. The minimum atomic E-state index is -0.347. The van der Waals surface area contributed by atoms with Gasteiger partial charge in [-0.15, -0.1) is 4.91 Å². The fraction of sp³-hybridized carbons (Fsp3) is 0.400. The summed E-state index contributed by atoms with van der Waals surface area (Å²) in [7, 11) is 1.33. The van der Waals surface area contributed by atoms with E-state index in [1.807, 2.05) is 0 Å². The Labute approximate surface area is 58.2 Å². The van der Waals surface area contributed by atoms with E-state index in [0.29, 0.717) is 5.57 Å². The summed E-state index contributed by atoms with van der Waals surface area (Å²) < 4.78 is 4.27. The summed E-state index contributed by atoms with van der Waals surface area (Å²) in [5.41, 5.74) is 0.433. The van der Waals surface area contributed by atoms with Gasteiger partial charge in [0.05, 0.1) is 7.11 Å². The molecule has 0 bridgehead atoms. The van der Waals surface area contributed by atoms with Crippen LogP contribution < -0.4 is 0 Å². The van der Waals surface area contributed by atoms with Crippen molar-refractivity contribution in [3.05, 3.63) is 17.1 Å². The predicted octanol–water partition coefficient (Wildman–Crippen LogP) is 0.877. The average molecular weight is 147 g/mol. The fourth-order valence-electron chi connectivity index (χ4n) is 0.174. The van der Waals surface area contributed by atoms with Gasteiger partial charge in [-0.2, -0.15) is 0 Å². The molecule has 0 aromatic rings. The molecular weight excluding hydrogens is 138 g/mol. The Hall–Kier alpha value is -1.39. The topological polar surface area (TPSA) is 76.0 Å². The van der Waals surface area contributed by atoms with Gasteiger partial charge in [-0.3, -0.25) is 0 Å². The summed E-state index contributed by atoms with van der Waals surface area (Å²) in [6, 6.07) is 0. The zero-order chi connectivity index (χ0) is 8.57. The van der Waals surface area contributed by atoms with E-state index in [1.165, 1.54) is 12.4 Å². The molecule has 0 saturated carbocycles. The van der Waals surface area contributed by atoms with Crippen molar-refractivity contribution in [2.45, 2.75) is 6.92 Å². The van der Waals surface area contributed by atoms with E-state index in [9.17, 15) is 4.79 Å². The molecule has 0 aromatic carbocycles. The quantitative estimate of drug-likeness (QED) is 0.258. The molecular formula is C5H9NO4. The number of carbonyl (C=O) groups is 1. The summed E-state index contributed by atoms with van der Waals surface area (Å²) in [4.78, 5) is 18.3. The van der Waals surface area contributed by atoms with Crippen molar-refractivity contribution in [2.24, 2.45) is 5.34 Å². The molecule has 5 heteroatoms. The van der Waals surface area contributed by atoms with Crippen molar-refractivity contribution in [3.63, 3.8) is 0 Å². The van der Waals surface area contributed by atoms with Crippen molar-refractivity contribution < 1.29 is 14.7 Å². The van der Waals surface area contributed by atoms with Crippen LogP contribution in [0.25, 0.3) is 0 Å². The molecule has 0 aliphatic heterocycles. The molecule has 0 aromatic heterocycles. The summed E-state index contributed by atoms with van der Waals surface area (Å²) in [6.07, 6.45) is 0. The Morgan fingerprint density at radius 3 is 2.00 bits per heavy atom. The van der Waals surface area contributed by atoms with Crippen LogP contribution >= 0.6 is 0 Å². The molecule has 0 rings (SSSR count). The van der Waals surface area contributed by atoms with Gasteiger partial charge in [0, 0.05) is 5.57 Å². The minimum Gasteiger partial charge on any atom is -0.466 e. The lowest BCUT2D eigenvalue weighted by Gasteiger charge is -1.91. The molecule has 0 amide bonds. The van der Waals surface area contributed by atoms with E-state index in [-0.39, 0.29) is 5.97 Å². The molecule has 0 heterocycles. The first-order valence-corrected chi connectivity index (χ1v) is 2.30. The van der Waals surface area contributed by atoms with Crippen molar-refractivity contribution in [1.82, 2.24) is 0 Å². The third-order valence-electron chi connectivity index (χ3n) is 0.534. The molecule has 0 spiro atoms. The van der Waals surface area contributed by atoms with Gasteiger partial charge >= 0.3 is 5.97 Å². The molecule has 0 fully saturated rings. The third kappa shape index (κ3) is 9.79. The smallest absolute Gasteiger partial charge is 0.332 e. The van der Waals surface area contributed by atoms with E-state index >= 15 is 0 Å². The number of nitrogens with zero attached hydrogens (tertiary/aromatic N) is 1. The second-order valence-electron chi connectivity index (χ2n) is 1.35. The van der Waals surface area contributed by atoms with E-state index in [2.05, 4.69) is 11.3 Å². The lowest BCUT2D eigenvalue weighted by molar-refractivity contribution is -0.136. The highest BCUT2D eigenvalue weighted by Gasteiger charge is 1.95. The molecule has 0 unspecified atom stereocenters. The van der Waals surface area contributed by atoms with Gasteiger partial charge in [0.1, 0.15) is 0 Å². The number of esters is 1. The first-order valence-electron chi connectivity index (χ1n) is 2.30. The molecule has 10 heavy (non-hydrogen) atoms. The van der Waals surface area contributed by atoms with Crippen LogP contribution in [0.15, 0.2) is 17.5 Å². The molecule has 0 atom stereocenters. The van der Waals surface area contributed by atoms with Crippen molar-refractivity contribution >= 4 is 5.97 Å². The SMILES string of the molecule is C=C(C)C(=O)OC.O=NO. The lowest BCUT2D eigenvalue weighted by Crippen LogP contribution is -1.98. The van der Waals surface area contributed by atoms with Crippen molar-refractivity contribution in [3.8, 4) is 0 Å². The zero-order valence-electron chi connectivity index (χ0n) is 5.83. The number of hydrogen-bond acceptors (Lipinski definition) is 4. The van der Waals surface area contributed by atoms with Crippen LogP contribution in [-0.4, -0.2) is 18.3 Å².